The summed E-state index contributed by atoms with van der Waals surface area (Å²) in [4.78, 5) is 16.6. The zero-order chi connectivity index (χ0) is 15.4. The quantitative estimate of drug-likeness (QED) is 0.783. The summed E-state index contributed by atoms with van der Waals surface area (Å²) in [5.74, 6) is 0.803. The van der Waals surface area contributed by atoms with Crippen molar-refractivity contribution in [3.8, 4) is 0 Å². The van der Waals surface area contributed by atoms with Crippen molar-refractivity contribution in [2.24, 2.45) is 5.92 Å². The molecule has 0 amide bonds. The average Bonchev–Trinajstić information content (AvgIpc) is 2.59. The molecule has 22 heavy (non-hydrogen) atoms. The minimum Gasteiger partial charge on any atom is -0.469 e. The molecule has 0 bridgehead atoms. The molecular formula is C19H27NO2. The van der Waals surface area contributed by atoms with E-state index >= 15 is 0 Å². The normalized spacial score (nSPS) is 20.2. The SMILES string of the molecule is COC(=O)CC(c1cnc2c(c1)CCCC2)C1CCCCC1. The lowest BCUT2D eigenvalue weighted by Crippen LogP contribution is -2.21. The zero-order valence-electron chi connectivity index (χ0n) is 13.6. The summed E-state index contributed by atoms with van der Waals surface area (Å²) < 4.78 is 4.95. The van der Waals surface area contributed by atoms with E-state index in [-0.39, 0.29) is 11.9 Å². The molecule has 0 N–H and O–H groups in total. The first-order chi connectivity index (χ1) is 10.8. The Balaban J connectivity index is 1.85. The number of rotatable bonds is 4. The summed E-state index contributed by atoms with van der Waals surface area (Å²) >= 11 is 0. The Morgan fingerprint density at radius 1 is 1.23 bits per heavy atom. The smallest absolute Gasteiger partial charge is 0.306 e. The zero-order valence-corrected chi connectivity index (χ0v) is 13.6. The van der Waals surface area contributed by atoms with Crippen LogP contribution in [0.15, 0.2) is 12.3 Å². The maximum atomic E-state index is 11.9. The maximum absolute atomic E-state index is 11.9. The number of nitrogens with zero attached hydrogens (tertiary/aromatic N) is 1. The highest BCUT2D eigenvalue weighted by Crippen LogP contribution is 2.39. The molecule has 3 nitrogen and oxygen atoms in total. The summed E-state index contributed by atoms with van der Waals surface area (Å²) in [6, 6.07) is 2.34. The molecule has 1 fully saturated rings. The van der Waals surface area contributed by atoms with Crippen molar-refractivity contribution in [1.82, 2.24) is 4.98 Å². The highest BCUT2D eigenvalue weighted by Gasteiger charge is 2.28. The van der Waals surface area contributed by atoms with Crippen molar-refractivity contribution in [2.45, 2.75) is 70.1 Å². The van der Waals surface area contributed by atoms with E-state index in [4.69, 9.17) is 9.72 Å². The second kappa shape index (κ2) is 7.26. The molecule has 1 unspecified atom stereocenters. The highest BCUT2D eigenvalue weighted by molar-refractivity contribution is 5.70. The van der Waals surface area contributed by atoms with Crippen LogP contribution in [0.4, 0.5) is 0 Å². The Morgan fingerprint density at radius 2 is 2.00 bits per heavy atom. The number of hydrogen-bond donors (Lipinski definition) is 0. The monoisotopic (exact) mass is 301 g/mol. The Kier molecular flexibility index (Phi) is 5.12. The van der Waals surface area contributed by atoms with E-state index in [1.165, 1.54) is 68.9 Å². The summed E-state index contributed by atoms with van der Waals surface area (Å²) in [6.07, 6.45) is 13.7. The molecule has 2 aliphatic rings. The number of carbonyl (C=O) groups excluding carboxylic acids is 1. The highest BCUT2D eigenvalue weighted by atomic mass is 16.5. The minimum atomic E-state index is -0.0895. The van der Waals surface area contributed by atoms with Gasteiger partial charge in [0.25, 0.3) is 0 Å². The molecule has 1 aromatic heterocycles. The second-order valence-electron chi connectivity index (χ2n) is 6.87. The fraction of sp³-hybridized carbons (Fsp3) is 0.684. The molecular weight excluding hydrogens is 274 g/mol. The van der Waals surface area contributed by atoms with Gasteiger partial charge in [0.15, 0.2) is 0 Å². The van der Waals surface area contributed by atoms with Crippen LogP contribution in [0.3, 0.4) is 0 Å². The number of hydrogen-bond acceptors (Lipinski definition) is 3. The molecule has 0 aromatic carbocycles. The molecule has 0 saturated heterocycles. The predicted molar refractivity (Wildman–Crippen MR) is 86.8 cm³/mol. The van der Waals surface area contributed by atoms with E-state index in [1.54, 1.807) is 0 Å². The summed E-state index contributed by atoms with van der Waals surface area (Å²) in [5, 5.41) is 0. The van der Waals surface area contributed by atoms with Crippen molar-refractivity contribution < 1.29 is 9.53 Å². The van der Waals surface area contributed by atoms with Gasteiger partial charge in [0.1, 0.15) is 0 Å². The Morgan fingerprint density at radius 3 is 2.77 bits per heavy atom. The third kappa shape index (κ3) is 3.50. The van der Waals surface area contributed by atoms with E-state index in [1.807, 2.05) is 6.20 Å². The van der Waals surface area contributed by atoms with Gasteiger partial charge in [0.2, 0.25) is 0 Å². The molecule has 0 radical (unpaired) electrons. The van der Waals surface area contributed by atoms with Gasteiger partial charge < -0.3 is 4.74 Å². The Labute approximate surface area is 133 Å². The maximum Gasteiger partial charge on any atom is 0.306 e. The number of pyridine rings is 1. The van der Waals surface area contributed by atoms with E-state index < -0.39 is 0 Å². The van der Waals surface area contributed by atoms with Crippen LogP contribution in [-0.4, -0.2) is 18.1 Å². The van der Waals surface area contributed by atoms with E-state index in [2.05, 4.69) is 6.07 Å². The van der Waals surface area contributed by atoms with Crippen molar-refractivity contribution >= 4 is 5.97 Å². The van der Waals surface area contributed by atoms with Gasteiger partial charge in [-0.3, -0.25) is 9.78 Å². The van der Waals surface area contributed by atoms with Crippen molar-refractivity contribution in [3.05, 3.63) is 29.1 Å². The van der Waals surface area contributed by atoms with Crippen LogP contribution >= 0.6 is 0 Å². The first-order valence-electron chi connectivity index (χ1n) is 8.82. The fourth-order valence-electron chi connectivity index (χ4n) is 4.17. The van der Waals surface area contributed by atoms with Crippen molar-refractivity contribution in [3.63, 3.8) is 0 Å². The number of esters is 1. The lowest BCUT2D eigenvalue weighted by molar-refractivity contribution is -0.141. The number of fused-ring (bicyclic) bond motifs is 1. The summed E-state index contributed by atoms with van der Waals surface area (Å²) in [5.41, 5.74) is 3.95. The summed E-state index contributed by atoms with van der Waals surface area (Å²) in [7, 11) is 1.49. The fourth-order valence-corrected chi connectivity index (χ4v) is 4.17. The lowest BCUT2D eigenvalue weighted by atomic mass is 9.75. The van der Waals surface area contributed by atoms with Gasteiger partial charge in [-0.15, -0.1) is 0 Å². The molecule has 0 spiro atoms. The first-order valence-corrected chi connectivity index (χ1v) is 8.82. The van der Waals surface area contributed by atoms with Crippen LogP contribution in [0.1, 0.15) is 74.1 Å². The molecule has 2 aliphatic carbocycles. The molecule has 1 saturated carbocycles. The number of aryl methyl sites for hydroxylation is 2. The third-order valence-electron chi connectivity index (χ3n) is 5.45. The molecule has 3 rings (SSSR count). The van der Waals surface area contributed by atoms with E-state index in [9.17, 15) is 4.79 Å². The minimum absolute atomic E-state index is 0.0895. The Hall–Kier alpha value is -1.38. The van der Waals surface area contributed by atoms with Crippen LogP contribution in [0.5, 0.6) is 0 Å². The number of methoxy groups -OCH3 is 1. The standard InChI is InChI=1S/C19H27NO2/c1-22-19(21)12-17(14-7-3-2-4-8-14)16-11-15-9-5-6-10-18(15)20-13-16/h11,13-14,17H,2-10,12H2,1H3. The number of carbonyl (C=O) groups is 1. The predicted octanol–water partition coefficient (Wildman–Crippen LogP) is 4.19. The van der Waals surface area contributed by atoms with Gasteiger partial charge in [-0.1, -0.05) is 25.3 Å². The molecule has 1 aromatic rings. The third-order valence-corrected chi connectivity index (χ3v) is 5.45. The van der Waals surface area contributed by atoms with Gasteiger partial charge >= 0.3 is 5.97 Å². The van der Waals surface area contributed by atoms with Gasteiger partial charge in [0.05, 0.1) is 13.5 Å². The number of ether oxygens (including phenoxy) is 1. The largest absolute Gasteiger partial charge is 0.469 e. The first kappa shape index (κ1) is 15.5. The van der Waals surface area contributed by atoms with Gasteiger partial charge in [-0.05, 0) is 61.5 Å². The second-order valence-corrected chi connectivity index (χ2v) is 6.87. The van der Waals surface area contributed by atoms with Crippen LogP contribution in [0, 0.1) is 5.92 Å². The Bertz CT molecular complexity index is 520. The molecule has 3 heteroatoms. The van der Waals surface area contributed by atoms with Crippen molar-refractivity contribution in [2.75, 3.05) is 7.11 Å². The van der Waals surface area contributed by atoms with Crippen LogP contribution in [-0.2, 0) is 22.4 Å². The van der Waals surface area contributed by atoms with Gasteiger partial charge in [0, 0.05) is 11.9 Å². The van der Waals surface area contributed by atoms with Crippen LogP contribution < -0.4 is 0 Å². The molecule has 0 aliphatic heterocycles. The average molecular weight is 301 g/mol. The van der Waals surface area contributed by atoms with Crippen molar-refractivity contribution in [1.29, 1.82) is 0 Å². The van der Waals surface area contributed by atoms with Gasteiger partial charge in [-0.25, -0.2) is 0 Å². The van der Waals surface area contributed by atoms with Crippen LogP contribution in [0.2, 0.25) is 0 Å². The van der Waals surface area contributed by atoms with Crippen LogP contribution in [0.25, 0.3) is 0 Å². The lowest BCUT2D eigenvalue weighted by Gasteiger charge is -2.30. The van der Waals surface area contributed by atoms with Gasteiger partial charge in [-0.2, -0.15) is 0 Å². The molecule has 120 valence electrons. The topological polar surface area (TPSA) is 39.2 Å². The molecule has 1 atom stereocenters. The van der Waals surface area contributed by atoms with E-state index in [0.717, 1.165) is 12.8 Å². The van der Waals surface area contributed by atoms with E-state index in [0.29, 0.717) is 12.3 Å². The molecule has 1 heterocycles. The summed E-state index contributed by atoms with van der Waals surface area (Å²) in [6.45, 7) is 0. The number of aromatic nitrogens is 1.